The molecule has 1 fully saturated rings. The van der Waals surface area contributed by atoms with Crippen molar-refractivity contribution in [2.45, 2.75) is 12.5 Å². The van der Waals surface area contributed by atoms with Crippen molar-refractivity contribution in [3.63, 3.8) is 0 Å². The van der Waals surface area contributed by atoms with Gasteiger partial charge in [0.2, 0.25) is 0 Å². The third kappa shape index (κ3) is 2.26. The number of nitriles is 1. The smallest absolute Gasteiger partial charge is 0.161 e. The molecule has 0 amide bonds. The Balaban J connectivity index is 2.14. The van der Waals surface area contributed by atoms with Gasteiger partial charge in [0.05, 0.1) is 32.8 Å². The molecule has 0 bridgehead atoms. The molecule has 1 aliphatic heterocycles. The van der Waals surface area contributed by atoms with E-state index < -0.39 is 0 Å². The quantitative estimate of drug-likeness (QED) is 0.770. The maximum Gasteiger partial charge on any atom is 0.161 e. The number of ether oxygens (including phenoxy) is 3. The molecule has 4 nitrogen and oxygen atoms in total. The maximum absolute atomic E-state index is 8.61. The van der Waals surface area contributed by atoms with Crippen molar-refractivity contribution in [2.75, 3.05) is 20.3 Å². The fourth-order valence-corrected chi connectivity index (χ4v) is 1.47. The molecule has 4 heteroatoms. The van der Waals surface area contributed by atoms with E-state index in [4.69, 9.17) is 19.5 Å². The molecule has 1 heterocycles. The predicted octanol–water partition coefficient (Wildman–Crippen LogP) is 1.54. The van der Waals surface area contributed by atoms with Crippen LogP contribution >= 0.6 is 0 Å². The summed E-state index contributed by atoms with van der Waals surface area (Å²) in [5.74, 6) is 1.37. The van der Waals surface area contributed by atoms with Gasteiger partial charge in [-0.25, -0.2) is 0 Å². The van der Waals surface area contributed by atoms with E-state index in [1.54, 1.807) is 7.11 Å². The third-order valence-electron chi connectivity index (χ3n) is 2.41. The van der Waals surface area contributed by atoms with E-state index in [9.17, 15) is 0 Å². The van der Waals surface area contributed by atoms with Crippen LogP contribution < -0.4 is 9.47 Å². The van der Waals surface area contributed by atoms with Crippen LogP contribution in [0.5, 0.6) is 11.5 Å². The summed E-state index contributed by atoms with van der Waals surface area (Å²) in [6.07, 6.45) is 0.499. The fraction of sp³-hybridized carbons (Fsp3) is 0.417. The lowest BCUT2D eigenvalue weighted by atomic mass is 10.1. The molecule has 0 N–H and O–H groups in total. The number of rotatable bonds is 4. The SMILES string of the molecule is COc1cc(CC#N)ccc1OC1COC1. The summed E-state index contributed by atoms with van der Waals surface area (Å²) >= 11 is 0. The first-order chi connectivity index (χ1) is 7.83. The van der Waals surface area contributed by atoms with Crippen LogP contribution in [0.4, 0.5) is 0 Å². The Bertz CT molecular complexity index is 407. The molecule has 0 spiro atoms. The van der Waals surface area contributed by atoms with Gasteiger partial charge in [0, 0.05) is 0 Å². The zero-order chi connectivity index (χ0) is 11.4. The minimum atomic E-state index is 0.121. The zero-order valence-electron chi connectivity index (χ0n) is 9.10. The first kappa shape index (κ1) is 10.8. The monoisotopic (exact) mass is 219 g/mol. The van der Waals surface area contributed by atoms with Crippen LogP contribution in [-0.2, 0) is 11.2 Å². The van der Waals surface area contributed by atoms with E-state index in [1.807, 2.05) is 18.2 Å². The van der Waals surface area contributed by atoms with Gasteiger partial charge in [0.15, 0.2) is 11.5 Å². The van der Waals surface area contributed by atoms with E-state index >= 15 is 0 Å². The molecule has 0 radical (unpaired) electrons. The highest BCUT2D eigenvalue weighted by Crippen LogP contribution is 2.30. The summed E-state index contributed by atoms with van der Waals surface area (Å²) < 4.78 is 15.9. The van der Waals surface area contributed by atoms with Crippen molar-refractivity contribution in [3.8, 4) is 17.6 Å². The van der Waals surface area contributed by atoms with Crippen LogP contribution in [0.3, 0.4) is 0 Å². The topological polar surface area (TPSA) is 51.5 Å². The standard InChI is InChI=1S/C12H13NO3/c1-14-12-6-9(4-5-13)2-3-11(12)16-10-7-15-8-10/h2-3,6,10H,4,7-8H2,1H3. The second-order valence-corrected chi connectivity index (χ2v) is 3.60. The highest BCUT2D eigenvalue weighted by atomic mass is 16.6. The van der Waals surface area contributed by atoms with Crippen molar-refractivity contribution in [2.24, 2.45) is 0 Å². The van der Waals surface area contributed by atoms with Crippen molar-refractivity contribution in [1.29, 1.82) is 5.26 Å². The predicted molar refractivity (Wildman–Crippen MR) is 57.5 cm³/mol. The number of benzene rings is 1. The van der Waals surface area contributed by atoms with Gasteiger partial charge in [-0.15, -0.1) is 0 Å². The Hall–Kier alpha value is -1.73. The van der Waals surface area contributed by atoms with Crippen LogP contribution in [-0.4, -0.2) is 26.4 Å². The molecule has 16 heavy (non-hydrogen) atoms. The van der Waals surface area contributed by atoms with Crippen molar-refractivity contribution < 1.29 is 14.2 Å². The van der Waals surface area contributed by atoms with Gasteiger partial charge in [-0.2, -0.15) is 5.26 Å². The molecule has 1 saturated heterocycles. The molecule has 1 aromatic rings. The van der Waals surface area contributed by atoms with E-state index in [0.717, 1.165) is 5.56 Å². The molecular weight excluding hydrogens is 206 g/mol. The highest BCUT2D eigenvalue weighted by Gasteiger charge is 2.21. The van der Waals surface area contributed by atoms with Crippen LogP contribution in [0, 0.1) is 11.3 Å². The fourth-order valence-electron chi connectivity index (χ4n) is 1.47. The molecule has 2 rings (SSSR count). The van der Waals surface area contributed by atoms with E-state index in [-0.39, 0.29) is 6.10 Å². The molecule has 0 unspecified atom stereocenters. The lowest BCUT2D eigenvalue weighted by Gasteiger charge is -2.27. The van der Waals surface area contributed by atoms with Gasteiger partial charge in [-0.3, -0.25) is 0 Å². The zero-order valence-corrected chi connectivity index (χ0v) is 9.10. The summed E-state index contributed by atoms with van der Waals surface area (Å²) in [6, 6.07) is 7.65. The average molecular weight is 219 g/mol. The first-order valence-corrected chi connectivity index (χ1v) is 5.11. The summed E-state index contributed by atoms with van der Waals surface area (Å²) in [6.45, 7) is 1.26. The van der Waals surface area contributed by atoms with E-state index in [1.165, 1.54) is 0 Å². The van der Waals surface area contributed by atoms with Gasteiger partial charge in [-0.1, -0.05) is 6.07 Å². The molecule has 0 aromatic heterocycles. The Labute approximate surface area is 94.3 Å². The third-order valence-corrected chi connectivity index (χ3v) is 2.41. The second kappa shape index (κ2) is 4.86. The van der Waals surface area contributed by atoms with Gasteiger partial charge >= 0.3 is 0 Å². The van der Waals surface area contributed by atoms with Gasteiger partial charge in [0.1, 0.15) is 6.10 Å². The lowest BCUT2D eigenvalue weighted by molar-refractivity contribution is -0.0803. The van der Waals surface area contributed by atoms with Crippen LogP contribution in [0.2, 0.25) is 0 Å². The summed E-state index contributed by atoms with van der Waals surface area (Å²) in [4.78, 5) is 0. The number of nitrogens with zero attached hydrogens (tertiary/aromatic N) is 1. The van der Waals surface area contributed by atoms with Gasteiger partial charge < -0.3 is 14.2 Å². The highest BCUT2D eigenvalue weighted by molar-refractivity contribution is 5.43. The largest absolute Gasteiger partial charge is 0.493 e. The molecule has 0 atom stereocenters. The minimum Gasteiger partial charge on any atom is -0.493 e. The minimum absolute atomic E-state index is 0.121. The van der Waals surface area contributed by atoms with E-state index in [0.29, 0.717) is 31.1 Å². The van der Waals surface area contributed by atoms with Gasteiger partial charge in [0.25, 0.3) is 0 Å². The molecule has 1 aliphatic rings. The normalized spacial score (nSPS) is 15.0. The van der Waals surface area contributed by atoms with Crippen molar-refractivity contribution in [3.05, 3.63) is 23.8 Å². The maximum atomic E-state index is 8.61. The number of methoxy groups -OCH3 is 1. The van der Waals surface area contributed by atoms with Crippen LogP contribution in [0.1, 0.15) is 5.56 Å². The van der Waals surface area contributed by atoms with Gasteiger partial charge in [-0.05, 0) is 17.7 Å². The van der Waals surface area contributed by atoms with Crippen LogP contribution in [0.25, 0.3) is 0 Å². The average Bonchev–Trinajstić information content (AvgIpc) is 2.25. The number of hydrogen-bond donors (Lipinski definition) is 0. The summed E-state index contributed by atoms with van der Waals surface area (Å²) in [5, 5.41) is 8.61. The lowest BCUT2D eigenvalue weighted by Crippen LogP contribution is -2.38. The molecule has 1 aromatic carbocycles. The molecule has 0 aliphatic carbocycles. The van der Waals surface area contributed by atoms with Crippen LogP contribution in [0.15, 0.2) is 18.2 Å². The Morgan fingerprint density at radius 2 is 2.25 bits per heavy atom. The van der Waals surface area contributed by atoms with Crippen molar-refractivity contribution >= 4 is 0 Å². The molecular formula is C12H13NO3. The molecule has 84 valence electrons. The Morgan fingerprint density at radius 1 is 1.44 bits per heavy atom. The summed E-state index contributed by atoms with van der Waals surface area (Å²) in [7, 11) is 1.59. The van der Waals surface area contributed by atoms with E-state index in [2.05, 4.69) is 6.07 Å². The second-order valence-electron chi connectivity index (χ2n) is 3.60. The first-order valence-electron chi connectivity index (χ1n) is 5.11. The summed E-state index contributed by atoms with van der Waals surface area (Å²) in [5.41, 5.74) is 0.927. The number of hydrogen-bond acceptors (Lipinski definition) is 4. The van der Waals surface area contributed by atoms with Crippen molar-refractivity contribution in [1.82, 2.24) is 0 Å². The Morgan fingerprint density at radius 3 is 2.81 bits per heavy atom. The Kier molecular flexibility index (Phi) is 3.28. The molecule has 0 saturated carbocycles.